The predicted octanol–water partition coefficient (Wildman–Crippen LogP) is 6.75. The lowest BCUT2D eigenvalue weighted by Gasteiger charge is -2.10. The maximum atomic E-state index is 2.27. The smallest absolute Gasteiger partial charge is 0.0152 e. The number of hydrogen-bond acceptors (Lipinski definition) is 0. The molecule has 116 valence electrons. The molecule has 3 rings (SSSR count). The van der Waals surface area contributed by atoms with Crippen LogP contribution < -0.4 is 0 Å². The van der Waals surface area contributed by atoms with Gasteiger partial charge in [0, 0.05) is 0 Å². The summed E-state index contributed by atoms with van der Waals surface area (Å²) < 4.78 is 0. The topological polar surface area (TPSA) is 0 Å². The van der Waals surface area contributed by atoms with E-state index in [4.69, 9.17) is 0 Å². The summed E-state index contributed by atoms with van der Waals surface area (Å²) in [6.07, 6.45) is 5.02. The molecule has 0 heteroatoms. The minimum Gasteiger partial charge on any atom is -0.0654 e. The van der Waals surface area contributed by atoms with Crippen LogP contribution in [0.25, 0.3) is 22.3 Å². The molecule has 0 bridgehead atoms. The number of unbranched alkanes of at least 4 members (excludes halogenated alkanes) is 2. The molecular formula is C23H24. The van der Waals surface area contributed by atoms with Gasteiger partial charge in [-0.15, -0.1) is 0 Å². The monoisotopic (exact) mass is 300 g/mol. The standard InChI is InChI=1S/C23H24/c1-2-3-5-12-21-13-8-9-14-23(21)22-17-15-20(16-18-22)19-10-6-4-7-11-19/h4,6-11,13-18H,2-3,5,12H2,1H3. The molecule has 23 heavy (non-hydrogen) atoms. The van der Waals surface area contributed by atoms with Gasteiger partial charge in [0.25, 0.3) is 0 Å². The third-order valence-electron chi connectivity index (χ3n) is 4.37. The van der Waals surface area contributed by atoms with Crippen molar-refractivity contribution in [3.63, 3.8) is 0 Å². The number of benzene rings is 3. The number of aryl methyl sites for hydroxylation is 1. The molecule has 0 radical (unpaired) electrons. The lowest BCUT2D eigenvalue weighted by Crippen LogP contribution is -1.90. The van der Waals surface area contributed by atoms with E-state index in [1.54, 1.807) is 0 Å². The first-order valence-corrected chi connectivity index (χ1v) is 8.62. The highest BCUT2D eigenvalue weighted by Gasteiger charge is 2.05. The third kappa shape index (κ3) is 3.90. The van der Waals surface area contributed by atoms with Gasteiger partial charge in [0.15, 0.2) is 0 Å². The van der Waals surface area contributed by atoms with Crippen LogP contribution in [0.2, 0.25) is 0 Å². The van der Waals surface area contributed by atoms with Gasteiger partial charge in [-0.3, -0.25) is 0 Å². The highest BCUT2D eigenvalue weighted by Crippen LogP contribution is 2.28. The molecule has 0 unspecified atom stereocenters. The Morgan fingerprint density at radius 1 is 0.565 bits per heavy atom. The zero-order chi connectivity index (χ0) is 15.9. The average Bonchev–Trinajstić information content (AvgIpc) is 2.63. The molecule has 0 amide bonds. The summed E-state index contributed by atoms with van der Waals surface area (Å²) in [7, 11) is 0. The van der Waals surface area contributed by atoms with Crippen LogP contribution in [0.5, 0.6) is 0 Å². The third-order valence-corrected chi connectivity index (χ3v) is 4.37. The summed E-state index contributed by atoms with van der Waals surface area (Å²) in [5, 5.41) is 0. The number of hydrogen-bond donors (Lipinski definition) is 0. The second-order valence-corrected chi connectivity index (χ2v) is 6.06. The van der Waals surface area contributed by atoms with Gasteiger partial charge >= 0.3 is 0 Å². The molecular weight excluding hydrogens is 276 g/mol. The largest absolute Gasteiger partial charge is 0.0654 e. The minimum absolute atomic E-state index is 1.17. The van der Waals surface area contributed by atoms with Crippen molar-refractivity contribution in [2.24, 2.45) is 0 Å². The molecule has 3 aromatic rings. The van der Waals surface area contributed by atoms with Crippen molar-refractivity contribution in [3.8, 4) is 22.3 Å². The Balaban J connectivity index is 1.85. The van der Waals surface area contributed by atoms with Gasteiger partial charge < -0.3 is 0 Å². The molecule has 0 N–H and O–H groups in total. The van der Waals surface area contributed by atoms with Crippen LogP contribution in [0.3, 0.4) is 0 Å². The lowest BCUT2D eigenvalue weighted by molar-refractivity contribution is 0.718. The van der Waals surface area contributed by atoms with E-state index in [2.05, 4.69) is 85.8 Å². The van der Waals surface area contributed by atoms with E-state index in [1.165, 1.54) is 53.5 Å². The van der Waals surface area contributed by atoms with E-state index >= 15 is 0 Å². The summed E-state index contributed by atoms with van der Waals surface area (Å²) in [4.78, 5) is 0. The molecule has 0 aliphatic rings. The molecule has 0 aromatic heterocycles. The summed E-state index contributed by atoms with van der Waals surface area (Å²) in [6.45, 7) is 2.26. The molecule has 0 spiro atoms. The SMILES string of the molecule is CCCCCc1ccccc1-c1ccc(-c2ccccc2)cc1. The van der Waals surface area contributed by atoms with Gasteiger partial charge in [0.2, 0.25) is 0 Å². The van der Waals surface area contributed by atoms with E-state index in [9.17, 15) is 0 Å². The maximum absolute atomic E-state index is 2.27. The van der Waals surface area contributed by atoms with Crippen LogP contribution in [0.4, 0.5) is 0 Å². The molecule has 0 nitrogen and oxygen atoms in total. The van der Waals surface area contributed by atoms with Gasteiger partial charge in [-0.2, -0.15) is 0 Å². The molecule has 0 fully saturated rings. The van der Waals surface area contributed by atoms with E-state index in [1.807, 2.05) is 0 Å². The zero-order valence-corrected chi connectivity index (χ0v) is 13.8. The summed E-state index contributed by atoms with van der Waals surface area (Å²) in [5.74, 6) is 0. The Bertz CT molecular complexity index is 724. The average molecular weight is 300 g/mol. The van der Waals surface area contributed by atoms with Crippen LogP contribution in [0, 0.1) is 0 Å². The van der Waals surface area contributed by atoms with Crippen molar-refractivity contribution in [1.82, 2.24) is 0 Å². The van der Waals surface area contributed by atoms with E-state index in [0.717, 1.165) is 0 Å². The van der Waals surface area contributed by atoms with Gasteiger partial charge in [-0.25, -0.2) is 0 Å². The van der Waals surface area contributed by atoms with Gasteiger partial charge in [-0.1, -0.05) is 98.6 Å². The van der Waals surface area contributed by atoms with Crippen molar-refractivity contribution in [1.29, 1.82) is 0 Å². The van der Waals surface area contributed by atoms with Crippen LogP contribution in [-0.4, -0.2) is 0 Å². The van der Waals surface area contributed by atoms with Crippen molar-refractivity contribution in [2.75, 3.05) is 0 Å². The van der Waals surface area contributed by atoms with E-state index in [0.29, 0.717) is 0 Å². The van der Waals surface area contributed by atoms with Gasteiger partial charge in [0.1, 0.15) is 0 Å². The Morgan fingerprint density at radius 3 is 1.91 bits per heavy atom. The highest BCUT2D eigenvalue weighted by atomic mass is 14.1. The van der Waals surface area contributed by atoms with Crippen LogP contribution >= 0.6 is 0 Å². The van der Waals surface area contributed by atoms with Crippen molar-refractivity contribution < 1.29 is 0 Å². The fourth-order valence-electron chi connectivity index (χ4n) is 3.06. The fourth-order valence-corrected chi connectivity index (χ4v) is 3.06. The van der Waals surface area contributed by atoms with E-state index in [-0.39, 0.29) is 0 Å². The lowest BCUT2D eigenvalue weighted by atomic mass is 9.94. The summed E-state index contributed by atoms with van der Waals surface area (Å²) >= 11 is 0. The summed E-state index contributed by atoms with van der Waals surface area (Å²) in [6, 6.07) is 28.3. The van der Waals surface area contributed by atoms with Crippen molar-refractivity contribution >= 4 is 0 Å². The normalized spacial score (nSPS) is 10.7. The Morgan fingerprint density at radius 2 is 1.17 bits per heavy atom. The second-order valence-electron chi connectivity index (χ2n) is 6.06. The Kier molecular flexibility index (Phi) is 5.26. The molecule has 0 aliphatic carbocycles. The molecule has 3 aromatic carbocycles. The summed E-state index contributed by atoms with van der Waals surface area (Å²) in [5.41, 5.74) is 6.71. The molecule has 0 heterocycles. The van der Waals surface area contributed by atoms with Crippen LogP contribution in [-0.2, 0) is 6.42 Å². The predicted molar refractivity (Wildman–Crippen MR) is 101 cm³/mol. The highest BCUT2D eigenvalue weighted by molar-refractivity contribution is 5.72. The fraction of sp³-hybridized carbons (Fsp3) is 0.217. The van der Waals surface area contributed by atoms with E-state index < -0.39 is 0 Å². The maximum Gasteiger partial charge on any atom is -0.0152 e. The van der Waals surface area contributed by atoms with Gasteiger partial charge in [0.05, 0.1) is 0 Å². The quantitative estimate of drug-likeness (QED) is 0.441. The van der Waals surface area contributed by atoms with Crippen LogP contribution in [0.1, 0.15) is 31.7 Å². The first-order chi connectivity index (χ1) is 11.4. The molecule has 0 atom stereocenters. The van der Waals surface area contributed by atoms with Crippen LogP contribution in [0.15, 0.2) is 78.9 Å². The molecule has 0 saturated carbocycles. The molecule has 0 saturated heterocycles. The second kappa shape index (κ2) is 7.78. The van der Waals surface area contributed by atoms with Crippen molar-refractivity contribution in [3.05, 3.63) is 84.4 Å². The van der Waals surface area contributed by atoms with Gasteiger partial charge in [-0.05, 0) is 40.7 Å². The minimum atomic E-state index is 1.17. The Hall–Kier alpha value is -2.34. The first-order valence-electron chi connectivity index (χ1n) is 8.62. The Labute approximate surface area is 139 Å². The first kappa shape index (κ1) is 15.6. The zero-order valence-electron chi connectivity index (χ0n) is 13.8. The molecule has 0 aliphatic heterocycles. The van der Waals surface area contributed by atoms with Crippen molar-refractivity contribution in [2.45, 2.75) is 32.6 Å². The number of rotatable bonds is 6.